The van der Waals surface area contributed by atoms with Crippen LogP contribution in [0, 0.1) is 5.82 Å². The van der Waals surface area contributed by atoms with E-state index in [0.29, 0.717) is 35.3 Å². The maximum absolute atomic E-state index is 13.8. The van der Waals surface area contributed by atoms with Crippen LogP contribution in [0.15, 0.2) is 18.2 Å². The van der Waals surface area contributed by atoms with Crippen molar-refractivity contribution in [2.45, 2.75) is 56.8 Å². The van der Waals surface area contributed by atoms with E-state index in [1.807, 2.05) is 0 Å². The summed E-state index contributed by atoms with van der Waals surface area (Å²) in [4.78, 5) is 2.54. The van der Waals surface area contributed by atoms with Crippen molar-refractivity contribution >= 4 is 11.6 Å². The molecule has 2 aliphatic rings. The van der Waals surface area contributed by atoms with Crippen molar-refractivity contribution in [3.63, 3.8) is 0 Å². The van der Waals surface area contributed by atoms with E-state index in [1.165, 1.54) is 38.2 Å². The van der Waals surface area contributed by atoms with Crippen LogP contribution in [0.4, 0.5) is 4.39 Å². The summed E-state index contributed by atoms with van der Waals surface area (Å²) in [5.41, 5.74) is 0.596. The minimum absolute atomic E-state index is 0.210. The highest BCUT2D eigenvalue weighted by molar-refractivity contribution is 6.31. The first kappa shape index (κ1) is 14.3. The fourth-order valence-electron chi connectivity index (χ4n) is 3.73. The molecule has 2 saturated heterocycles. The van der Waals surface area contributed by atoms with Crippen molar-refractivity contribution in [2.75, 3.05) is 7.05 Å². The lowest BCUT2D eigenvalue weighted by molar-refractivity contribution is 0.0482. The van der Waals surface area contributed by atoms with Gasteiger partial charge in [-0.25, -0.2) is 4.39 Å². The minimum atomic E-state index is -0.210. The van der Waals surface area contributed by atoms with E-state index >= 15 is 0 Å². The Hall–Kier alpha value is -0.640. The van der Waals surface area contributed by atoms with Gasteiger partial charge in [0.1, 0.15) is 5.82 Å². The van der Waals surface area contributed by atoms with E-state index in [9.17, 15) is 4.39 Å². The van der Waals surface area contributed by atoms with Crippen molar-refractivity contribution in [3.05, 3.63) is 34.6 Å². The van der Waals surface area contributed by atoms with Crippen molar-refractivity contribution in [3.8, 4) is 0 Å². The van der Waals surface area contributed by atoms with E-state index < -0.39 is 0 Å². The molecular weight excluding hydrogens is 275 g/mol. The first-order valence-electron chi connectivity index (χ1n) is 7.53. The molecule has 2 unspecified atom stereocenters. The minimum Gasteiger partial charge on any atom is -0.310 e. The molecule has 0 aromatic heterocycles. The average Bonchev–Trinajstić information content (AvgIpc) is 2.39. The van der Waals surface area contributed by atoms with Crippen molar-refractivity contribution < 1.29 is 4.39 Å². The standard InChI is InChI=1S/C16H22ClFN2/c1-20-12-4-2-5-13(20)9-11(8-12)19-10-14-15(17)6-3-7-16(14)18/h3,6-7,11-13,19H,2,4-5,8-10H2,1H3. The highest BCUT2D eigenvalue weighted by Gasteiger charge is 2.35. The fraction of sp³-hybridized carbons (Fsp3) is 0.625. The summed E-state index contributed by atoms with van der Waals surface area (Å²) >= 11 is 6.08. The van der Waals surface area contributed by atoms with Gasteiger partial charge in [0, 0.05) is 35.3 Å². The monoisotopic (exact) mass is 296 g/mol. The molecule has 1 aromatic carbocycles. The van der Waals surface area contributed by atoms with E-state index in [1.54, 1.807) is 12.1 Å². The number of rotatable bonds is 3. The number of fused-ring (bicyclic) bond motifs is 2. The number of nitrogens with zero attached hydrogens (tertiary/aromatic N) is 1. The molecule has 1 aromatic rings. The normalized spacial score (nSPS) is 30.4. The quantitative estimate of drug-likeness (QED) is 0.917. The molecule has 2 atom stereocenters. The van der Waals surface area contributed by atoms with Gasteiger partial charge in [-0.2, -0.15) is 0 Å². The van der Waals surface area contributed by atoms with Crippen LogP contribution < -0.4 is 5.32 Å². The third-order valence-corrected chi connectivity index (χ3v) is 5.32. The zero-order valence-electron chi connectivity index (χ0n) is 11.9. The van der Waals surface area contributed by atoms with E-state index in [-0.39, 0.29) is 5.82 Å². The van der Waals surface area contributed by atoms with Gasteiger partial charge in [-0.1, -0.05) is 24.1 Å². The summed E-state index contributed by atoms with van der Waals surface area (Å²) in [5.74, 6) is -0.210. The molecular formula is C16H22ClFN2. The van der Waals surface area contributed by atoms with Crippen LogP contribution in [0.3, 0.4) is 0 Å². The zero-order valence-corrected chi connectivity index (χ0v) is 12.7. The summed E-state index contributed by atoms with van der Waals surface area (Å²) < 4.78 is 13.8. The van der Waals surface area contributed by atoms with Gasteiger partial charge in [-0.15, -0.1) is 0 Å². The van der Waals surface area contributed by atoms with Crippen LogP contribution in [0.1, 0.15) is 37.7 Å². The fourth-order valence-corrected chi connectivity index (χ4v) is 3.96. The second-order valence-electron chi connectivity index (χ2n) is 6.15. The molecule has 0 amide bonds. The molecule has 20 heavy (non-hydrogen) atoms. The van der Waals surface area contributed by atoms with Crippen molar-refractivity contribution in [2.24, 2.45) is 0 Å². The second-order valence-corrected chi connectivity index (χ2v) is 6.56. The lowest BCUT2D eigenvalue weighted by atomic mass is 9.82. The van der Waals surface area contributed by atoms with Gasteiger partial charge in [-0.3, -0.25) is 0 Å². The topological polar surface area (TPSA) is 15.3 Å². The summed E-state index contributed by atoms with van der Waals surface area (Å²) in [6.07, 6.45) is 6.28. The Morgan fingerprint density at radius 3 is 2.65 bits per heavy atom. The molecule has 2 heterocycles. The van der Waals surface area contributed by atoms with Gasteiger partial charge in [0.05, 0.1) is 0 Å². The Bertz CT molecular complexity index is 445. The SMILES string of the molecule is CN1C2CCCC1CC(NCc1c(F)cccc1Cl)C2. The van der Waals surface area contributed by atoms with Gasteiger partial charge < -0.3 is 10.2 Å². The number of nitrogens with one attached hydrogen (secondary N) is 1. The van der Waals surface area contributed by atoms with Crippen LogP contribution >= 0.6 is 11.6 Å². The van der Waals surface area contributed by atoms with Crippen LogP contribution in [0.2, 0.25) is 5.02 Å². The van der Waals surface area contributed by atoms with E-state index in [0.717, 1.165) is 0 Å². The molecule has 2 aliphatic heterocycles. The third kappa shape index (κ3) is 2.85. The molecule has 110 valence electrons. The lowest BCUT2D eigenvalue weighted by Crippen LogP contribution is -2.54. The lowest BCUT2D eigenvalue weighted by Gasteiger charge is -2.47. The molecule has 1 N–H and O–H groups in total. The van der Waals surface area contributed by atoms with E-state index in [2.05, 4.69) is 17.3 Å². The second kappa shape index (κ2) is 6.00. The van der Waals surface area contributed by atoms with Gasteiger partial charge in [0.25, 0.3) is 0 Å². The number of hydrogen-bond donors (Lipinski definition) is 1. The molecule has 0 saturated carbocycles. The number of halogens is 2. The maximum atomic E-state index is 13.8. The Morgan fingerprint density at radius 2 is 2.00 bits per heavy atom. The summed E-state index contributed by atoms with van der Waals surface area (Å²) in [6, 6.07) is 6.75. The van der Waals surface area contributed by atoms with Crippen LogP contribution in [0.5, 0.6) is 0 Å². The Balaban J connectivity index is 1.62. The first-order chi connectivity index (χ1) is 9.65. The highest BCUT2D eigenvalue weighted by atomic mass is 35.5. The molecule has 2 nitrogen and oxygen atoms in total. The Labute approximate surface area is 125 Å². The smallest absolute Gasteiger partial charge is 0.129 e. The molecule has 2 bridgehead atoms. The Morgan fingerprint density at radius 1 is 1.30 bits per heavy atom. The van der Waals surface area contributed by atoms with Gasteiger partial charge in [-0.05, 0) is 44.9 Å². The van der Waals surface area contributed by atoms with Gasteiger partial charge >= 0.3 is 0 Å². The molecule has 2 fully saturated rings. The molecule has 0 radical (unpaired) electrons. The summed E-state index contributed by atoms with van der Waals surface area (Å²) in [5, 5.41) is 4.04. The van der Waals surface area contributed by atoms with E-state index in [4.69, 9.17) is 11.6 Å². The van der Waals surface area contributed by atoms with Gasteiger partial charge in [0.2, 0.25) is 0 Å². The third-order valence-electron chi connectivity index (χ3n) is 4.97. The van der Waals surface area contributed by atoms with Crippen molar-refractivity contribution in [1.82, 2.24) is 10.2 Å². The molecule has 4 heteroatoms. The summed E-state index contributed by atoms with van der Waals surface area (Å²) in [6.45, 7) is 0.527. The van der Waals surface area contributed by atoms with Crippen LogP contribution in [-0.2, 0) is 6.54 Å². The zero-order chi connectivity index (χ0) is 14.1. The highest BCUT2D eigenvalue weighted by Crippen LogP contribution is 2.32. The van der Waals surface area contributed by atoms with Crippen molar-refractivity contribution in [1.29, 1.82) is 0 Å². The molecule has 3 rings (SSSR count). The first-order valence-corrected chi connectivity index (χ1v) is 7.91. The van der Waals surface area contributed by atoms with Crippen LogP contribution in [-0.4, -0.2) is 30.1 Å². The number of benzene rings is 1. The predicted molar refractivity (Wildman–Crippen MR) is 80.5 cm³/mol. The number of piperidine rings is 2. The average molecular weight is 297 g/mol. The molecule has 0 spiro atoms. The Kier molecular flexibility index (Phi) is 4.29. The molecule has 0 aliphatic carbocycles. The number of hydrogen-bond acceptors (Lipinski definition) is 2. The van der Waals surface area contributed by atoms with Crippen LogP contribution in [0.25, 0.3) is 0 Å². The maximum Gasteiger partial charge on any atom is 0.129 e. The van der Waals surface area contributed by atoms with Gasteiger partial charge in [0.15, 0.2) is 0 Å². The largest absolute Gasteiger partial charge is 0.310 e. The predicted octanol–water partition coefficient (Wildman–Crippen LogP) is 3.58. The summed E-state index contributed by atoms with van der Waals surface area (Å²) in [7, 11) is 2.25.